The number of aliphatic hydroxyl groups is 1. The number of ether oxygens (including phenoxy) is 1. The fraction of sp³-hybridized carbons (Fsp3) is 0.250. The van der Waals surface area contributed by atoms with Gasteiger partial charge in [-0.2, -0.15) is 0 Å². The molecule has 48 heavy (non-hydrogen) atoms. The number of imidazole rings is 1. The molecule has 0 aliphatic carbocycles. The molecule has 11 nitrogen and oxygen atoms in total. The summed E-state index contributed by atoms with van der Waals surface area (Å²) >= 11 is 3.50. The van der Waals surface area contributed by atoms with Gasteiger partial charge in [-0.05, 0) is 80.4 Å². The molecule has 3 aromatic carbocycles. The zero-order valence-corrected chi connectivity index (χ0v) is 28.3. The van der Waals surface area contributed by atoms with E-state index in [1.165, 1.54) is 10.9 Å². The maximum absolute atomic E-state index is 14.2. The normalized spacial score (nSPS) is 14.7. The molecule has 12 heteroatoms. The summed E-state index contributed by atoms with van der Waals surface area (Å²) in [5.74, 6) is -0.136. The van der Waals surface area contributed by atoms with Crippen molar-refractivity contribution in [3.8, 4) is 22.7 Å². The van der Waals surface area contributed by atoms with E-state index < -0.39 is 12.0 Å². The number of aryl methyl sites for hydroxylation is 1. The largest absolute Gasteiger partial charge is 0.491 e. The summed E-state index contributed by atoms with van der Waals surface area (Å²) in [7, 11) is 0. The summed E-state index contributed by atoms with van der Waals surface area (Å²) in [6, 6.07) is 21.3. The van der Waals surface area contributed by atoms with Crippen molar-refractivity contribution in [3.63, 3.8) is 0 Å². The van der Waals surface area contributed by atoms with Crippen molar-refractivity contribution in [3.05, 3.63) is 128 Å². The Hall–Kier alpha value is -5.07. The molecule has 5 aromatic rings. The van der Waals surface area contributed by atoms with E-state index in [1.54, 1.807) is 59.0 Å². The molecule has 0 bridgehead atoms. The minimum Gasteiger partial charge on any atom is -0.491 e. The van der Waals surface area contributed by atoms with E-state index >= 15 is 0 Å². The Morgan fingerprint density at radius 3 is 2.58 bits per heavy atom. The number of hydrogen-bond donors (Lipinski definition) is 2. The van der Waals surface area contributed by atoms with Crippen LogP contribution in [0.15, 0.2) is 94.6 Å². The standard InChI is InChI=1S/C36H35BrN6O5/c1-22-16-25(8-13-30(22)37)35(46)41-19-32-33(34(45)39-17-26-6-4-5-7-29(26)31-14-15-38-21-40-31)43(36(47)42(32)18-23(41)2)27-9-11-28(12-10-27)48-20-24(3)44/h4-16,21,23-24,44H,17-20H2,1-3H3,(H,39,45)/t23-,24-/m0/s1. The Kier molecular flexibility index (Phi) is 9.56. The van der Waals surface area contributed by atoms with Gasteiger partial charge in [0.15, 0.2) is 0 Å². The monoisotopic (exact) mass is 710 g/mol. The minimum absolute atomic E-state index is 0.0627. The molecule has 1 aliphatic heterocycles. The number of carbonyl (C=O) groups excluding carboxylic acids is 2. The Bertz CT molecular complexity index is 2020. The highest BCUT2D eigenvalue weighted by Crippen LogP contribution is 2.27. The van der Waals surface area contributed by atoms with Crippen LogP contribution in [0.2, 0.25) is 0 Å². The van der Waals surface area contributed by atoms with E-state index in [-0.39, 0.29) is 49.6 Å². The van der Waals surface area contributed by atoms with Crippen LogP contribution in [0.25, 0.3) is 16.9 Å². The second-order valence-electron chi connectivity index (χ2n) is 11.9. The Balaban J connectivity index is 1.38. The van der Waals surface area contributed by atoms with Crippen molar-refractivity contribution < 1.29 is 19.4 Å². The molecule has 0 saturated carbocycles. The SMILES string of the molecule is Cc1cc(C(=O)N2Cc3c(C(=O)NCc4ccccc4-c4ccncn4)n(-c4ccc(OC[C@H](C)O)cc4)c(=O)n3C[C@@H]2C)ccc1Br. The molecule has 2 atom stereocenters. The first-order chi connectivity index (χ1) is 23.1. The minimum atomic E-state index is -0.644. The Morgan fingerprint density at radius 2 is 1.88 bits per heavy atom. The molecule has 0 radical (unpaired) electrons. The number of hydrogen-bond acceptors (Lipinski definition) is 7. The number of nitrogens with zero attached hydrogens (tertiary/aromatic N) is 5. The quantitative estimate of drug-likeness (QED) is 0.223. The van der Waals surface area contributed by atoms with Gasteiger partial charge in [-0.3, -0.25) is 18.7 Å². The number of aromatic nitrogens is 4. The van der Waals surface area contributed by atoms with E-state index in [4.69, 9.17) is 4.74 Å². The van der Waals surface area contributed by atoms with Crippen LogP contribution < -0.4 is 15.7 Å². The van der Waals surface area contributed by atoms with Crippen LogP contribution in [0.3, 0.4) is 0 Å². The molecule has 6 rings (SSSR count). The first kappa shape index (κ1) is 32.9. The average Bonchev–Trinajstić information content (AvgIpc) is 3.38. The van der Waals surface area contributed by atoms with Crippen molar-refractivity contribution in [1.82, 2.24) is 29.3 Å². The lowest BCUT2D eigenvalue weighted by atomic mass is 10.0. The van der Waals surface area contributed by atoms with Crippen molar-refractivity contribution in [2.45, 2.75) is 52.6 Å². The predicted molar refractivity (Wildman–Crippen MR) is 184 cm³/mol. The maximum Gasteiger partial charge on any atom is 0.333 e. The van der Waals surface area contributed by atoms with E-state index in [0.29, 0.717) is 22.7 Å². The highest BCUT2D eigenvalue weighted by molar-refractivity contribution is 9.10. The molecule has 1 aliphatic rings. The van der Waals surface area contributed by atoms with Gasteiger partial charge in [0.05, 0.1) is 29.7 Å². The van der Waals surface area contributed by atoms with Gasteiger partial charge in [0, 0.05) is 40.9 Å². The number of rotatable bonds is 9. The van der Waals surface area contributed by atoms with Gasteiger partial charge in [0.25, 0.3) is 11.8 Å². The fourth-order valence-electron chi connectivity index (χ4n) is 5.85. The second-order valence-corrected chi connectivity index (χ2v) is 12.7. The molecule has 3 heterocycles. The Morgan fingerprint density at radius 1 is 1.10 bits per heavy atom. The third-order valence-corrected chi connectivity index (χ3v) is 9.22. The third kappa shape index (κ3) is 6.67. The van der Waals surface area contributed by atoms with Crippen molar-refractivity contribution >= 4 is 27.7 Å². The van der Waals surface area contributed by atoms with E-state index in [2.05, 4.69) is 31.2 Å². The molecular weight excluding hydrogens is 676 g/mol. The summed E-state index contributed by atoms with van der Waals surface area (Å²) in [6.45, 7) is 6.01. The summed E-state index contributed by atoms with van der Waals surface area (Å²) < 4.78 is 9.50. The van der Waals surface area contributed by atoms with Gasteiger partial charge in [-0.15, -0.1) is 0 Å². The molecule has 0 unspecified atom stereocenters. The zero-order chi connectivity index (χ0) is 33.9. The lowest BCUT2D eigenvalue weighted by Crippen LogP contribution is -2.47. The number of fused-ring (bicyclic) bond motifs is 1. The van der Waals surface area contributed by atoms with Gasteiger partial charge in [-0.1, -0.05) is 40.2 Å². The third-order valence-electron chi connectivity index (χ3n) is 8.33. The van der Waals surface area contributed by atoms with E-state index in [9.17, 15) is 19.5 Å². The van der Waals surface area contributed by atoms with Crippen LogP contribution in [0.4, 0.5) is 0 Å². The van der Waals surface area contributed by atoms with Gasteiger partial charge >= 0.3 is 5.69 Å². The first-order valence-corrected chi connectivity index (χ1v) is 16.4. The van der Waals surface area contributed by atoms with Crippen molar-refractivity contribution in [2.75, 3.05) is 6.61 Å². The molecule has 2 amide bonds. The molecular formula is C36H35BrN6O5. The van der Waals surface area contributed by atoms with Crippen LogP contribution in [-0.2, 0) is 19.6 Å². The highest BCUT2D eigenvalue weighted by Gasteiger charge is 2.35. The number of amides is 2. The Labute approximate surface area is 286 Å². The van der Waals surface area contributed by atoms with Gasteiger partial charge in [0.1, 0.15) is 24.4 Å². The summed E-state index contributed by atoms with van der Waals surface area (Å²) in [6.07, 6.45) is 2.49. The summed E-state index contributed by atoms with van der Waals surface area (Å²) in [5, 5.41) is 12.6. The molecule has 0 saturated heterocycles. The van der Waals surface area contributed by atoms with Crippen LogP contribution in [0.1, 0.15) is 51.5 Å². The number of benzene rings is 3. The summed E-state index contributed by atoms with van der Waals surface area (Å²) in [4.78, 5) is 52.2. The van der Waals surface area contributed by atoms with Crippen LogP contribution >= 0.6 is 15.9 Å². The lowest BCUT2D eigenvalue weighted by molar-refractivity contribution is 0.0610. The van der Waals surface area contributed by atoms with Gasteiger partial charge in [-0.25, -0.2) is 14.8 Å². The zero-order valence-electron chi connectivity index (χ0n) is 26.8. The van der Waals surface area contributed by atoms with Crippen molar-refractivity contribution in [2.24, 2.45) is 0 Å². The van der Waals surface area contributed by atoms with Gasteiger partial charge < -0.3 is 20.1 Å². The van der Waals surface area contributed by atoms with Crippen LogP contribution in [0, 0.1) is 6.92 Å². The molecule has 2 N–H and O–H groups in total. The molecule has 246 valence electrons. The second kappa shape index (κ2) is 14.0. The summed E-state index contributed by atoms with van der Waals surface area (Å²) in [5.41, 5.74) is 4.53. The van der Waals surface area contributed by atoms with E-state index in [1.807, 2.05) is 50.2 Å². The van der Waals surface area contributed by atoms with Crippen molar-refractivity contribution in [1.29, 1.82) is 0 Å². The van der Waals surface area contributed by atoms with Crippen LogP contribution in [-0.4, -0.2) is 59.7 Å². The number of halogens is 1. The lowest BCUT2D eigenvalue weighted by Gasteiger charge is -2.34. The fourth-order valence-corrected chi connectivity index (χ4v) is 6.09. The molecule has 2 aromatic heterocycles. The number of carbonyl (C=O) groups is 2. The first-order valence-electron chi connectivity index (χ1n) is 15.6. The smallest absolute Gasteiger partial charge is 0.333 e. The van der Waals surface area contributed by atoms with E-state index in [0.717, 1.165) is 26.9 Å². The topological polar surface area (TPSA) is 132 Å². The number of nitrogens with one attached hydrogen (secondary N) is 1. The van der Waals surface area contributed by atoms with Gasteiger partial charge in [0.2, 0.25) is 0 Å². The average molecular weight is 712 g/mol. The predicted octanol–water partition coefficient (Wildman–Crippen LogP) is 4.90. The van der Waals surface area contributed by atoms with Crippen LogP contribution in [0.5, 0.6) is 5.75 Å². The number of aliphatic hydroxyl groups excluding tert-OH is 1. The molecule has 0 spiro atoms. The molecule has 0 fully saturated rings. The maximum atomic E-state index is 14.2. The highest BCUT2D eigenvalue weighted by atomic mass is 79.9.